The summed E-state index contributed by atoms with van der Waals surface area (Å²) in [5.74, 6) is -1.36. The second-order valence-corrected chi connectivity index (χ2v) is 7.25. The van der Waals surface area contributed by atoms with E-state index in [9.17, 15) is 22.8 Å². The van der Waals surface area contributed by atoms with E-state index in [1.165, 1.54) is 24.3 Å². The molecule has 0 fully saturated rings. The van der Waals surface area contributed by atoms with E-state index in [2.05, 4.69) is 10.1 Å². The van der Waals surface area contributed by atoms with Gasteiger partial charge in [0.15, 0.2) is 6.04 Å². The van der Waals surface area contributed by atoms with E-state index in [0.29, 0.717) is 21.6 Å². The molecule has 5 nitrogen and oxygen atoms in total. The van der Waals surface area contributed by atoms with Crippen molar-refractivity contribution >= 4 is 23.2 Å². The summed E-state index contributed by atoms with van der Waals surface area (Å²) in [6, 6.07) is 14.7. The number of halogens is 3. The highest BCUT2D eigenvalue weighted by atomic mass is 32.1. The summed E-state index contributed by atoms with van der Waals surface area (Å²) in [4.78, 5) is 25.4. The number of hydrogen-bond acceptors (Lipinski definition) is 5. The van der Waals surface area contributed by atoms with Gasteiger partial charge in [-0.3, -0.25) is 4.79 Å². The molecule has 0 spiro atoms. The van der Waals surface area contributed by atoms with Crippen molar-refractivity contribution in [3.63, 3.8) is 0 Å². The van der Waals surface area contributed by atoms with Crippen LogP contribution >= 0.6 is 11.3 Å². The van der Waals surface area contributed by atoms with E-state index < -0.39 is 24.3 Å². The van der Waals surface area contributed by atoms with Crippen molar-refractivity contribution in [1.82, 2.24) is 5.32 Å². The first-order valence-electron chi connectivity index (χ1n) is 9.24. The summed E-state index contributed by atoms with van der Waals surface area (Å²) in [6.45, 7) is 1.85. The van der Waals surface area contributed by atoms with Crippen LogP contribution < -0.4 is 10.1 Å². The molecule has 0 saturated carbocycles. The van der Waals surface area contributed by atoms with Gasteiger partial charge in [-0.05, 0) is 47.2 Å². The predicted molar refractivity (Wildman–Crippen MR) is 110 cm³/mol. The summed E-state index contributed by atoms with van der Waals surface area (Å²) in [7, 11) is 0. The Morgan fingerprint density at radius 2 is 1.71 bits per heavy atom. The minimum Gasteiger partial charge on any atom is -0.464 e. The topological polar surface area (TPSA) is 64.6 Å². The minimum absolute atomic E-state index is 0.176. The number of amides is 1. The molecule has 0 bridgehead atoms. The lowest BCUT2D eigenvalue weighted by molar-refractivity contribution is -0.274. The highest BCUT2D eigenvalue weighted by Gasteiger charge is 2.31. The van der Waals surface area contributed by atoms with Crippen LogP contribution in [0.5, 0.6) is 5.75 Å². The zero-order valence-electron chi connectivity index (χ0n) is 16.3. The quantitative estimate of drug-likeness (QED) is 0.494. The van der Waals surface area contributed by atoms with Crippen molar-refractivity contribution in [2.45, 2.75) is 19.3 Å². The van der Waals surface area contributed by atoms with Crippen LogP contribution in [0.1, 0.15) is 28.2 Å². The van der Waals surface area contributed by atoms with Crippen molar-refractivity contribution in [3.05, 3.63) is 76.5 Å². The Morgan fingerprint density at radius 1 is 1.03 bits per heavy atom. The summed E-state index contributed by atoms with van der Waals surface area (Å²) in [5.41, 5.74) is 1.86. The van der Waals surface area contributed by atoms with Gasteiger partial charge in [-0.2, -0.15) is 0 Å². The number of hydrogen-bond donors (Lipinski definition) is 1. The molecule has 0 aliphatic rings. The van der Waals surface area contributed by atoms with Crippen LogP contribution in [-0.2, 0) is 9.53 Å². The van der Waals surface area contributed by atoms with Crippen molar-refractivity contribution < 1.29 is 32.2 Å². The summed E-state index contributed by atoms with van der Waals surface area (Å²) in [6.07, 6.45) is -4.76. The minimum atomic E-state index is -4.76. The molecule has 0 radical (unpaired) electrons. The standard InChI is InChI=1S/C22H18F3NO4S/c1-2-29-21(28)19(15-6-4-3-5-7-15)26-20(27)18-12-16(13-31-18)14-8-10-17(11-9-14)30-22(23,24)25/h3-13,19H,2H2,1H3,(H,26,27). The van der Waals surface area contributed by atoms with E-state index in [-0.39, 0.29) is 12.4 Å². The fourth-order valence-electron chi connectivity index (χ4n) is 2.81. The Balaban J connectivity index is 1.75. The number of thiophene rings is 1. The second-order valence-electron chi connectivity index (χ2n) is 6.34. The first kappa shape index (κ1) is 22.4. The maximum Gasteiger partial charge on any atom is 0.573 e. The Labute approximate surface area is 180 Å². The maximum atomic E-state index is 12.7. The number of ether oxygens (including phenoxy) is 2. The van der Waals surface area contributed by atoms with Gasteiger partial charge in [-0.1, -0.05) is 42.5 Å². The molecule has 0 saturated heterocycles. The molecule has 31 heavy (non-hydrogen) atoms. The van der Waals surface area contributed by atoms with Crippen LogP contribution in [0.25, 0.3) is 11.1 Å². The summed E-state index contributed by atoms with van der Waals surface area (Å²) < 4.78 is 45.8. The molecular formula is C22H18F3NO4S. The number of alkyl halides is 3. The SMILES string of the molecule is CCOC(=O)C(NC(=O)c1cc(-c2ccc(OC(F)(F)F)cc2)cs1)c1ccccc1. The van der Waals surface area contributed by atoms with Crippen LogP contribution in [0.4, 0.5) is 13.2 Å². The summed E-state index contributed by atoms with van der Waals surface area (Å²) >= 11 is 1.15. The van der Waals surface area contributed by atoms with Crippen LogP contribution in [0.2, 0.25) is 0 Å². The molecular weight excluding hydrogens is 431 g/mol. The third-order valence-electron chi connectivity index (χ3n) is 4.18. The van der Waals surface area contributed by atoms with Gasteiger partial charge >= 0.3 is 12.3 Å². The Kier molecular flexibility index (Phi) is 6.96. The highest BCUT2D eigenvalue weighted by Crippen LogP contribution is 2.29. The van der Waals surface area contributed by atoms with Crippen molar-refractivity contribution in [1.29, 1.82) is 0 Å². The smallest absolute Gasteiger partial charge is 0.464 e. The van der Waals surface area contributed by atoms with Gasteiger partial charge in [-0.15, -0.1) is 24.5 Å². The molecule has 1 heterocycles. The zero-order chi connectivity index (χ0) is 22.4. The van der Waals surface area contributed by atoms with E-state index in [0.717, 1.165) is 11.3 Å². The number of nitrogens with one attached hydrogen (secondary N) is 1. The fourth-order valence-corrected chi connectivity index (χ4v) is 3.63. The Bertz CT molecular complexity index is 1030. The number of carbonyl (C=O) groups is 2. The number of esters is 1. The highest BCUT2D eigenvalue weighted by molar-refractivity contribution is 7.12. The fraction of sp³-hybridized carbons (Fsp3) is 0.182. The average Bonchev–Trinajstić information content (AvgIpc) is 3.22. The lowest BCUT2D eigenvalue weighted by Gasteiger charge is -2.17. The molecule has 2 aromatic carbocycles. The molecule has 162 valence electrons. The van der Waals surface area contributed by atoms with Gasteiger partial charge in [-0.25, -0.2) is 4.79 Å². The predicted octanol–water partition coefficient (Wildman–Crippen LogP) is 5.35. The molecule has 1 atom stereocenters. The maximum absolute atomic E-state index is 12.7. The van der Waals surface area contributed by atoms with Gasteiger partial charge < -0.3 is 14.8 Å². The van der Waals surface area contributed by atoms with Gasteiger partial charge in [0, 0.05) is 0 Å². The molecule has 0 aliphatic carbocycles. The Hall–Kier alpha value is -3.33. The molecule has 1 unspecified atom stereocenters. The Morgan fingerprint density at radius 3 is 2.32 bits per heavy atom. The second kappa shape index (κ2) is 9.65. The van der Waals surface area contributed by atoms with E-state index in [1.54, 1.807) is 48.7 Å². The first-order chi connectivity index (χ1) is 14.8. The third kappa shape index (κ3) is 6.08. The normalized spacial score (nSPS) is 12.1. The van der Waals surface area contributed by atoms with Crippen molar-refractivity contribution in [2.24, 2.45) is 0 Å². The molecule has 9 heteroatoms. The van der Waals surface area contributed by atoms with Crippen molar-refractivity contribution in [2.75, 3.05) is 6.61 Å². The van der Waals surface area contributed by atoms with Crippen LogP contribution in [0.3, 0.4) is 0 Å². The van der Waals surface area contributed by atoms with Crippen LogP contribution in [0.15, 0.2) is 66.0 Å². The molecule has 3 rings (SSSR count). The first-order valence-corrected chi connectivity index (χ1v) is 10.1. The molecule has 0 aliphatic heterocycles. The average molecular weight is 449 g/mol. The van der Waals surface area contributed by atoms with Crippen LogP contribution in [0, 0.1) is 0 Å². The summed E-state index contributed by atoms with van der Waals surface area (Å²) in [5, 5.41) is 4.39. The van der Waals surface area contributed by atoms with Crippen molar-refractivity contribution in [3.8, 4) is 16.9 Å². The molecule has 1 amide bonds. The number of carbonyl (C=O) groups excluding carboxylic acids is 2. The van der Waals surface area contributed by atoms with E-state index >= 15 is 0 Å². The lowest BCUT2D eigenvalue weighted by Crippen LogP contribution is -2.34. The largest absolute Gasteiger partial charge is 0.573 e. The monoisotopic (exact) mass is 449 g/mol. The number of benzene rings is 2. The number of rotatable bonds is 7. The third-order valence-corrected chi connectivity index (χ3v) is 5.10. The molecule has 1 aromatic heterocycles. The van der Waals surface area contributed by atoms with Gasteiger partial charge in [0.2, 0.25) is 0 Å². The van der Waals surface area contributed by atoms with Gasteiger partial charge in [0.1, 0.15) is 5.75 Å². The van der Waals surface area contributed by atoms with E-state index in [1.807, 2.05) is 0 Å². The van der Waals surface area contributed by atoms with Gasteiger partial charge in [0.05, 0.1) is 11.5 Å². The molecule has 1 N–H and O–H groups in total. The van der Waals surface area contributed by atoms with E-state index in [4.69, 9.17) is 4.74 Å². The zero-order valence-corrected chi connectivity index (χ0v) is 17.1. The van der Waals surface area contributed by atoms with Gasteiger partial charge in [0.25, 0.3) is 5.91 Å². The molecule has 3 aromatic rings. The lowest BCUT2D eigenvalue weighted by atomic mass is 10.1. The van der Waals surface area contributed by atoms with Crippen LogP contribution in [-0.4, -0.2) is 24.8 Å².